The number of piperidine rings is 1. The minimum Gasteiger partial charge on any atom is -0.439 e. The summed E-state index contributed by atoms with van der Waals surface area (Å²) in [6.45, 7) is 1.97. The number of primary amides is 1. The third-order valence-electron chi connectivity index (χ3n) is 4.46. The van der Waals surface area contributed by atoms with Gasteiger partial charge in [0.2, 0.25) is 11.8 Å². The smallest absolute Gasteiger partial charge is 0.293 e. The van der Waals surface area contributed by atoms with Crippen molar-refractivity contribution in [3.05, 3.63) is 64.6 Å². The Morgan fingerprint density at radius 2 is 1.76 bits per heavy atom. The molecule has 0 atom stereocenters. The largest absolute Gasteiger partial charge is 0.439 e. The number of hydrogen-bond acceptors (Lipinski definition) is 9. The van der Waals surface area contributed by atoms with Crippen LogP contribution < -0.4 is 16.2 Å². The second-order valence-electron chi connectivity index (χ2n) is 6.76. The van der Waals surface area contributed by atoms with Crippen LogP contribution in [0.4, 0.5) is 0 Å². The Kier molecular flexibility index (Phi) is 9.50. The maximum Gasteiger partial charge on any atom is 0.293 e. The highest BCUT2D eigenvalue weighted by atomic mass is 35.5. The number of nitrogens with one attached hydrogen (secondary N) is 1. The van der Waals surface area contributed by atoms with Crippen molar-refractivity contribution in [2.75, 3.05) is 13.1 Å². The Balaban J connectivity index is 0.000000405. The number of amides is 1. The van der Waals surface area contributed by atoms with E-state index in [1.165, 1.54) is 43.8 Å². The third-order valence-corrected chi connectivity index (χ3v) is 4.69. The molecule has 2 heterocycles. The number of carbonyl (C=O) groups excluding carboxylic acids is 1. The molecule has 170 valence electrons. The molecular formula is C22H22ClN7O3. The van der Waals surface area contributed by atoms with Gasteiger partial charge in [-0.3, -0.25) is 10.2 Å². The molecule has 0 radical (unpaired) electrons. The Labute approximate surface area is 196 Å². The zero-order valence-electron chi connectivity index (χ0n) is 17.6. The molecule has 0 unspecified atom stereocenters. The molecule has 10 nitrogen and oxygen atoms in total. The highest BCUT2D eigenvalue weighted by Crippen LogP contribution is 2.22. The standard InChI is InChI=1S/C16H12ClN5O3.C6H10N2/c17-10-3-6-12(22-7-10)25-11-4-1-9(2-5-11)14(19)13(15(20)23)16(21)24-8-18;7-6-8-4-2-1-3-5-8/h1-7,19H,21H2,(H2,20,23);1-5H2/b16-13+,19-14?;. The lowest BCUT2D eigenvalue weighted by Crippen LogP contribution is -2.25. The normalized spacial score (nSPS) is 13.2. The number of nitrogens with two attached hydrogens (primary N) is 2. The average Bonchev–Trinajstić information content (AvgIpc) is 2.82. The minimum absolute atomic E-state index is 0.281. The van der Waals surface area contributed by atoms with Gasteiger partial charge in [-0.1, -0.05) is 11.6 Å². The molecular weight excluding hydrogens is 446 g/mol. The number of benzene rings is 1. The molecule has 1 aliphatic rings. The van der Waals surface area contributed by atoms with Crippen molar-refractivity contribution >= 4 is 23.2 Å². The molecule has 0 saturated carbocycles. The van der Waals surface area contributed by atoms with Crippen molar-refractivity contribution in [1.82, 2.24) is 9.88 Å². The number of pyridine rings is 1. The Hall–Kier alpha value is -4.28. The van der Waals surface area contributed by atoms with E-state index >= 15 is 0 Å². The maximum absolute atomic E-state index is 11.5. The molecule has 2 aromatic rings. The predicted octanol–water partition coefficient (Wildman–Crippen LogP) is 3.00. The number of carbonyl (C=O) groups is 1. The monoisotopic (exact) mass is 467 g/mol. The number of halogens is 1. The number of nitrogens with zero attached hydrogens (tertiary/aromatic N) is 4. The summed E-state index contributed by atoms with van der Waals surface area (Å²) in [5.74, 6) is -0.719. The first-order chi connectivity index (χ1) is 15.8. The highest BCUT2D eigenvalue weighted by Gasteiger charge is 2.19. The average molecular weight is 468 g/mol. The van der Waals surface area contributed by atoms with Crippen molar-refractivity contribution in [2.24, 2.45) is 11.5 Å². The molecule has 3 rings (SSSR count). The van der Waals surface area contributed by atoms with Gasteiger partial charge in [-0.15, -0.1) is 5.26 Å². The summed E-state index contributed by atoms with van der Waals surface area (Å²) in [4.78, 5) is 17.3. The topological polar surface area (TPSA) is 175 Å². The van der Waals surface area contributed by atoms with E-state index in [0.29, 0.717) is 22.2 Å². The van der Waals surface area contributed by atoms with E-state index in [9.17, 15) is 4.79 Å². The van der Waals surface area contributed by atoms with Gasteiger partial charge in [-0.25, -0.2) is 4.98 Å². The van der Waals surface area contributed by atoms with Crippen LogP contribution in [0.1, 0.15) is 24.8 Å². The SMILES string of the molecule is N#CN1CCCCC1.N#CO/C(N)=C(\C(=N)c1ccc(Oc2ccc(Cl)cn2)cc1)C(N)=O. The van der Waals surface area contributed by atoms with Crippen molar-refractivity contribution < 1.29 is 14.3 Å². The van der Waals surface area contributed by atoms with Gasteiger partial charge < -0.3 is 25.8 Å². The lowest BCUT2D eigenvalue weighted by atomic mass is 10.0. The number of rotatable bonds is 6. The van der Waals surface area contributed by atoms with Crippen molar-refractivity contribution in [3.63, 3.8) is 0 Å². The van der Waals surface area contributed by atoms with Crippen LogP contribution >= 0.6 is 11.6 Å². The van der Waals surface area contributed by atoms with Gasteiger partial charge in [0.15, 0.2) is 6.19 Å². The summed E-state index contributed by atoms with van der Waals surface area (Å²) in [6, 6.07) is 9.43. The molecule has 0 bridgehead atoms. The Morgan fingerprint density at radius 3 is 2.24 bits per heavy atom. The molecule has 1 aromatic heterocycles. The van der Waals surface area contributed by atoms with Crippen LogP contribution in [0.25, 0.3) is 0 Å². The third kappa shape index (κ3) is 7.73. The fourth-order valence-electron chi connectivity index (χ4n) is 2.84. The number of likely N-dealkylation sites (tertiary alicyclic amines) is 1. The molecule has 1 saturated heterocycles. The number of ether oxygens (including phenoxy) is 2. The summed E-state index contributed by atoms with van der Waals surface area (Å²) in [7, 11) is 0. The van der Waals surface area contributed by atoms with E-state index in [0.717, 1.165) is 13.1 Å². The van der Waals surface area contributed by atoms with Gasteiger partial charge in [0, 0.05) is 30.9 Å². The van der Waals surface area contributed by atoms with Gasteiger partial charge in [-0.05, 0) is 49.6 Å². The molecule has 0 spiro atoms. The first kappa shape index (κ1) is 25.0. The second kappa shape index (κ2) is 12.5. The molecule has 1 aromatic carbocycles. The van der Waals surface area contributed by atoms with Gasteiger partial charge in [0.25, 0.3) is 12.2 Å². The predicted molar refractivity (Wildman–Crippen MR) is 121 cm³/mol. The van der Waals surface area contributed by atoms with Crippen LogP contribution in [0, 0.1) is 28.4 Å². The maximum atomic E-state index is 11.5. The van der Waals surface area contributed by atoms with Crippen LogP contribution in [-0.4, -0.2) is 34.6 Å². The molecule has 1 aliphatic heterocycles. The van der Waals surface area contributed by atoms with E-state index in [1.54, 1.807) is 24.3 Å². The number of aromatic nitrogens is 1. The van der Waals surface area contributed by atoms with Gasteiger partial charge in [0.1, 0.15) is 11.3 Å². The first-order valence-corrected chi connectivity index (χ1v) is 10.2. The van der Waals surface area contributed by atoms with Crippen LogP contribution in [0.3, 0.4) is 0 Å². The summed E-state index contributed by atoms with van der Waals surface area (Å²) >= 11 is 5.75. The van der Waals surface area contributed by atoms with Crippen molar-refractivity contribution in [2.45, 2.75) is 19.3 Å². The Morgan fingerprint density at radius 1 is 1.09 bits per heavy atom. The highest BCUT2D eigenvalue weighted by molar-refractivity contribution is 6.30. The molecule has 5 N–H and O–H groups in total. The summed E-state index contributed by atoms with van der Waals surface area (Å²) in [5, 5.41) is 25.4. The lowest BCUT2D eigenvalue weighted by molar-refractivity contribution is -0.114. The summed E-state index contributed by atoms with van der Waals surface area (Å²) in [5.41, 5.74) is 10.3. The zero-order chi connectivity index (χ0) is 24.2. The van der Waals surface area contributed by atoms with Crippen LogP contribution in [0.5, 0.6) is 11.6 Å². The van der Waals surface area contributed by atoms with E-state index in [4.69, 9.17) is 43.7 Å². The molecule has 0 aliphatic carbocycles. The summed E-state index contributed by atoms with van der Waals surface area (Å²) < 4.78 is 9.92. The van der Waals surface area contributed by atoms with Gasteiger partial charge in [-0.2, -0.15) is 5.26 Å². The van der Waals surface area contributed by atoms with E-state index < -0.39 is 17.4 Å². The molecule has 1 fully saturated rings. The van der Waals surface area contributed by atoms with Gasteiger partial charge >= 0.3 is 0 Å². The lowest BCUT2D eigenvalue weighted by Gasteiger charge is -2.19. The van der Waals surface area contributed by atoms with Crippen molar-refractivity contribution in [1.29, 1.82) is 15.9 Å². The van der Waals surface area contributed by atoms with E-state index in [2.05, 4.69) is 15.9 Å². The zero-order valence-corrected chi connectivity index (χ0v) is 18.4. The van der Waals surface area contributed by atoms with Crippen LogP contribution in [0.15, 0.2) is 54.1 Å². The van der Waals surface area contributed by atoms with E-state index in [-0.39, 0.29) is 5.71 Å². The van der Waals surface area contributed by atoms with Crippen molar-refractivity contribution in [3.8, 4) is 24.1 Å². The first-order valence-electron chi connectivity index (χ1n) is 9.84. The molecule has 11 heteroatoms. The second-order valence-corrected chi connectivity index (χ2v) is 7.20. The quantitative estimate of drug-likeness (QED) is 0.251. The molecule has 33 heavy (non-hydrogen) atoms. The van der Waals surface area contributed by atoms with Crippen LogP contribution in [0.2, 0.25) is 5.02 Å². The Bertz CT molecular complexity index is 1080. The fourth-order valence-corrected chi connectivity index (χ4v) is 2.95. The van der Waals surface area contributed by atoms with Crippen LogP contribution in [-0.2, 0) is 9.53 Å². The number of nitriles is 2. The number of hydrogen-bond donors (Lipinski definition) is 3. The van der Waals surface area contributed by atoms with Gasteiger partial charge in [0.05, 0.1) is 10.7 Å². The van der Waals surface area contributed by atoms with E-state index in [1.807, 2.05) is 4.90 Å². The summed E-state index contributed by atoms with van der Waals surface area (Å²) in [6.07, 6.45) is 8.62. The minimum atomic E-state index is -0.983. The molecule has 1 amide bonds. The fraction of sp³-hybridized carbons (Fsp3) is 0.227.